The molecule has 0 aliphatic heterocycles. The molecule has 0 radical (unpaired) electrons. The van der Waals surface area contributed by atoms with Crippen LogP contribution >= 0.6 is 0 Å². The molecule has 0 fully saturated rings. The molecule has 70 valence electrons. The summed E-state index contributed by atoms with van der Waals surface area (Å²) in [5.74, 6) is -1.42. The normalized spacial score (nSPS) is 14.9. The van der Waals surface area contributed by atoms with Crippen molar-refractivity contribution in [2.75, 3.05) is 0 Å². The van der Waals surface area contributed by atoms with Crippen molar-refractivity contribution in [3.8, 4) is 0 Å². The Hall–Kier alpha value is -1.39. The highest BCUT2D eigenvalue weighted by Gasteiger charge is 2.30. The Labute approximate surface area is 75.6 Å². The van der Waals surface area contributed by atoms with Gasteiger partial charge in [0.1, 0.15) is 0 Å². The van der Waals surface area contributed by atoms with Gasteiger partial charge in [-0.15, -0.1) is 0 Å². The van der Waals surface area contributed by atoms with Gasteiger partial charge < -0.3 is 10.2 Å². The quantitative estimate of drug-likeness (QED) is 0.571. The van der Waals surface area contributed by atoms with Crippen molar-refractivity contribution in [2.24, 2.45) is 5.73 Å². The second-order valence-corrected chi connectivity index (χ2v) is 2.89. The summed E-state index contributed by atoms with van der Waals surface area (Å²) in [7, 11) is 0. The lowest BCUT2D eigenvalue weighted by Gasteiger charge is -2.17. The average molecular weight is 181 g/mol. The van der Waals surface area contributed by atoms with Gasteiger partial charge in [-0.3, -0.25) is 5.73 Å². The molecule has 4 heteroatoms. The molecular weight excluding hydrogens is 170 g/mol. The second kappa shape index (κ2) is 3.55. The van der Waals surface area contributed by atoms with Crippen molar-refractivity contribution >= 4 is 5.97 Å². The number of hydrogen-bond acceptors (Lipinski definition) is 3. The summed E-state index contributed by atoms with van der Waals surface area (Å²) in [6.45, 7) is 0. The number of carboxylic acids is 1. The number of hydrogen-bond donors (Lipinski definition) is 3. The van der Waals surface area contributed by atoms with Crippen LogP contribution in [0.3, 0.4) is 0 Å². The van der Waals surface area contributed by atoms with Crippen LogP contribution in [0.4, 0.5) is 0 Å². The molecule has 1 aromatic rings. The van der Waals surface area contributed by atoms with E-state index in [4.69, 9.17) is 10.8 Å². The van der Waals surface area contributed by atoms with Crippen LogP contribution in [-0.4, -0.2) is 21.9 Å². The van der Waals surface area contributed by atoms with E-state index in [9.17, 15) is 9.90 Å². The smallest absolute Gasteiger partial charge is 0.351 e. The number of nitrogens with two attached hydrogens (primary N) is 1. The fraction of sp³-hybridized carbons (Fsp3) is 0.222. The van der Waals surface area contributed by atoms with Gasteiger partial charge in [-0.2, -0.15) is 0 Å². The molecule has 0 spiro atoms. The lowest BCUT2D eigenvalue weighted by molar-refractivity contribution is -0.157. The molecule has 0 heterocycles. The van der Waals surface area contributed by atoms with Crippen molar-refractivity contribution in [1.82, 2.24) is 0 Å². The number of aliphatic carboxylic acids is 1. The minimum atomic E-state index is -2.18. The van der Waals surface area contributed by atoms with E-state index < -0.39 is 11.7 Å². The number of aliphatic hydroxyl groups is 1. The maximum absolute atomic E-state index is 10.5. The van der Waals surface area contributed by atoms with Crippen LogP contribution in [0.2, 0.25) is 0 Å². The van der Waals surface area contributed by atoms with E-state index in [0.29, 0.717) is 5.56 Å². The van der Waals surface area contributed by atoms with E-state index in [2.05, 4.69) is 0 Å². The van der Waals surface area contributed by atoms with Crippen LogP contribution in [0, 0.1) is 0 Å². The van der Waals surface area contributed by atoms with E-state index in [1.54, 1.807) is 30.3 Å². The van der Waals surface area contributed by atoms with Gasteiger partial charge in [-0.1, -0.05) is 30.3 Å². The summed E-state index contributed by atoms with van der Waals surface area (Å²) in [6.07, 6.45) is -0.0941. The minimum absolute atomic E-state index is 0.0941. The maximum Gasteiger partial charge on any atom is 0.351 e. The zero-order valence-corrected chi connectivity index (χ0v) is 6.97. The van der Waals surface area contributed by atoms with Gasteiger partial charge in [0, 0.05) is 6.42 Å². The van der Waals surface area contributed by atoms with Crippen LogP contribution in [0.15, 0.2) is 30.3 Å². The molecule has 0 amide bonds. The van der Waals surface area contributed by atoms with Crippen LogP contribution in [0.1, 0.15) is 5.56 Å². The summed E-state index contributed by atoms with van der Waals surface area (Å²) < 4.78 is 0. The van der Waals surface area contributed by atoms with E-state index in [1.807, 2.05) is 0 Å². The molecule has 1 aromatic carbocycles. The summed E-state index contributed by atoms with van der Waals surface area (Å²) in [5.41, 5.74) is 3.66. The van der Waals surface area contributed by atoms with E-state index in [0.717, 1.165) is 0 Å². The molecule has 13 heavy (non-hydrogen) atoms. The van der Waals surface area contributed by atoms with Crippen molar-refractivity contribution in [3.63, 3.8) is 0 Å². The highest BCUT2D eigenvalue weighted by atomic mass is 16.4. The lowest BCUT2D eigenvalue weighted by Crippen LogP contribution is -2.49. The summed E-state index contributed by atoms with van der Waals surface area (Å²) in [6, 6.07) is 8.74. The molecule has 0 aliphatic rings. The number of benzene rings is 1. The van der Waals surface area contributed by atoms with E-state index in [1.165, 1.54) is 0 Å². The third-order valence-electron chi connectivity index (χ3n) is 1.69. The molecule has 0 aliphatic carbocycles. The summed E-state index contributed by atoms with van der Waals surface area (Å²) in [4.78, 5) is 10.5. The third-order valence-corrected chi connectivity index (χ3v) is 1.69. The maximum atomic E-state index is 10.5. The molecule has 4 N–H and O–H groups in total. The fourth-order valence-electron chi connectivity index (χ4n) is 0.983. The number of rotatable bonds is 3. The minimum Gasteiger partial charge on any atom is -0.478 e. The first-order valence-corrected chi connectivity index (χ1v) is 3.81. The zero-order valence-electron chi connectivity index (χ0n) is 6.97. The first-order valence-electron chi connectivity index (χ1n) is 3.81. The Morgan fingerprint density at radius 1 is 1.38 bits per heavy atom. The first kappa shape index (κ1) is 9.70. The molecule has 0 saturated heterocycles. The average Bonchev–Trinajstić information content (AvgIpc) is 2.05. The molecule has 4 nitrogen and oxygen atoms in total. The Kier molecular flexibility index (Phi) is 2.65. The highest BCUT2D eigenvalue weighted by Crippen LogP contribution is 2.08. The van der Waals surface area contributed by atoms with Crippen LogP contribution in [-0.2, 0) is 11.2 Å². The standard InChI is InChI=1S/C9H11NO3/c10-9(13,8(11)12)6-7-4-2-1-3-5-7/h1-5,13H,6,10H2,(H,11,12). The van der Waals surface area contributed by atoms with Gasteiger partial charge in [0.05, 0.1) is 0 Å². The predicted octanol–water partition coefficient (Wildman–Crippen LogP) is -0.0390. The van der Waals surface area contributed by atoms with Gasteiger partial charge in [0.25, 0.3) is 0 Å². The van der Waals surface area contributed by atoms with Gasteiger partial charge in [-0.05, 0) is 5.56 Å². The predicted molar refractivity (Wildman–Crippen MR) is 46.9 cm³/mol. The Bertz CT molecular complexity index is 295. The van der Waals surface area contributed by atoms with Crippen molar-refractivity contribution in [3.05, 3.63) is 35.9 Å². The largest absolute Gasteiger partial charge is 0.478 e. The van der Waals surface area contributed by atoms with Gasteiger partial charge >= 0.3 is 5.97 Å². The first-order chi connectivity index (χ1) is 6.02. The van der Waals surface area contributed by atoms with Crippen LogP contribution < -0.4 is 5.73 Å². The zero-order chi connectivity index (χ0) is 9.90. The topological polar surface area (TPSA) is 83.5 Å². The fourth-order valence-corrected chi connectivity index (χ4v) is 0.983. The van der Waals surface area contributed by atoms with Gasteiger partial charge in [0.2, 0.25) is 5.72 Å². The van der Waals surface area contributed by atoms with Crippen LogP contribution in [0.5, 0.6) is 0 Å². The Morgan fingerprint density at radius 2 is 1.92 bits per heavy atom. The molecule has 1 atom stereocenters. The molecule has 0 saturated carbocycles. The molecule has 0 aromatic heterocycles. The molecular formula is C9H11NO3. The van der Waals surface area contributed by atoms with Crippen molar-refractivity contribution in [1.29, 1.82) is 0 Å². The lowest BCUT2D eigenvalue weighted by atomic mass is 10.0. The number of carbonyl (C=O) groups is 1. The molecule has 1 unspecified atom stereocenters. The second-order valence-electron chi connectivity index (χ2n) is 2.89. The highest BCUT2D eigenvalue weighted by molar-refractivity contribution is 5.76. The Morgan fingerprint density at radius 3 is 2.38 bits per heavy atom. The van der Waals surface area contributed by atoms with Crippen molar-refractivity contribution < 1.29 is 15.0 Å². The van der Waals surface area contributed by atoms with Gasteiger partial charge in [-0.25, -0.2) is 4.79 Å². The monoisotopic (exact) mass is 181 g/mol. The van der Waals surface area contributed by atoms with E-state index in [-0.39, 0.29) is 6.42 Å². The third kappa shape index (κ3) is 2.54. The van der Waals surface area contributed by atoms with Gasteiger partial charge in [0.15, 0.2) is 0 Å². The molecule has 0 bridgehead atoms. The summed E-state index contributed by atoms with van der Waals surface area (Å²) >= 11 is 0. The Balaban J connectivity index is 2.75. The van der Waals surface area contributed by atoms with Crippen LogP contribution in [0.25, 0.3) is 0 Å². The summed E-state index contributed by atoms with van der Waals surface area (Å²) in [5, 5.41) is 17.8. The SMILES string of the molecule is NC(O)(Cc1ccccc1)C(=O)O. The number of carboxylic acid groups (broad SMARTS) is 1. The van der Waals surface area contributed by atoms with E-state index >= 15 is 0 Å². The molecule has 1 rings (SSSR count). The van der Waals surface area contributed by atoms with Crippen molar-refractivity contribution in [2.45, 2.75) is 12.1 Å².